The fourth-order valence-corrected chi connectivity index (χ4v) is 3.28. The summed E-state index contributed by atoms with van der Waals surface area (Å²) in [5, 5.41) is 25.5. The summed E-state index contributed by atoms with van der Waals surface area (Å²) in [6.45, 7) is 1.79. The zero-order chi connectivity index (χ0) is 22.4. The highest BCUT2D eigenvalue weighted by Gasteiger charge is 2.14. The van der Waals surface area contributed by atoms with Crippen LogP contribution in [-0.4, -0.2) is 49.1 Å². The molecule has 9 nitrogen and oxygen atoms in total. The minimum Gasteiger partial charge on any atom is -0.495 e. The standard InChI is InChI=1S/C21H24ClN5O4.H2S/c1-3-17(28)15-6-14(20(22)18(7-15)31-2)5-4-13-8-23-21(24-9-13)26-16-10-25-27(11-16)12-19(29)30;/h6-11,19,29-30H,3-5,12H2,1-2H3,(H,23,24,26);1H2. The van der Waals surface area contributed by atoms with E-state index >= 15 is 0 Å². The molecule has 172 valence electrons. The number of anilines is 2. The molecule has 0 saturated carbocycles. The SMILES string of the molecule is CCC(=O)c1cc(CCc2cnc(Nc3cnn(CC(O)O)c3)nc2)c(Cl)c(OC)c1.S. The van der Waals surface area contributed by atoms with Crippen LogP contribution >= 0.6 is 25.1 Å². The van der Waals surface area contributed by atoms with Crippen LogP contribution in [0.3, 0.4) is 0 Å². The lowest BCUT2D eigenvalue weighted by Gasteiger charge is -2.12. The molecule has 0 atom stereocenters. The van der Waals surface area contributed by atoms with Gasteiger partial charge in [0, 0.05) is 30.6 Å². The van der Waals surface area contributed by atoms with Crippen molar-refractivity contribution in [3.8, 4) is 5.75 Å². The van der Waals surface area contributed by atoms with E-state index in [1.54, 1.807) is 30.9 Å². The molecule has 0 bridgehead atoms. The molecule has 0 radical (unpaired) electrons. The molecule has 0 spiro atoms. The third-order valence-electron chi connectivity index (χ3n) is 4.61. The second-order valence-corrected chi connectivity index (χ2v) is 7.28. The monoisotopic (exact) mass is 479 g/mol. The Morgan fingerprint density at radius 3 is 2.56 bits per heavy atom. The second-order valence-electron chi connectivity index (χ2n) is 6.90. The van der Waals surface area contributed by atoms with Gasteiger partial charge < -0.3 is 20.3 Å². The van der Waals surface area contributed by atoms with Crippen LogP contribution in [-0.2, 0) is 19.4 Å². The Morgan fingerprint density at radius 2 is 1.94 bits per heavy atom. The number of aromatic nitrogens is 4. The third kappa shape index (κ3) is 6.67. The fraction of sp³-hybridized carbons (Fsp3) is 0.333. The number of ketones is 1. The van der Waals surface area contributed by atoms with Crippen molar-refractivity contribution in [2.45, 2.75) is 39.0 Å². The summed E-state index contributed by atoms with van der Waals surface area (Å²) in [7, 11) is 1.53. The van der Waals surface area contributed by atoms with Crippen LogP contribution in [0.5, 0.6) is 5.75 Å². The van der Waals surface area contributed by atoms with Crippen molar-refractivity contribution < 1.29 is 19.7 Å². The average Bonchev–Trinajstić information content (AvgIpc) is 3.19. The maximum absolute atomic E-state index is 12.1. The van der Waals surface area contributed by atoms with Crippen molar-refractivity contribution in [1.29, 1.82) is 0 Å². The van der Waals surface area contributed by atoms with E-state index in [4.69, 9.17) is 26.6 Å². The van der Waals surface area contributed by atoms with Crippen LogP contribution in [0.25, 0.3) is 0 Å². The Bertz CT molecular complexity index is 1040. The van der Waals surface area contributed by atoms with Crippen molar-refractivity contribution in [2.24, 2.45) is 0 Å². The van der Waals surface area contributed by atoms with Crippen LogP contribution in [0.2, 0.25) is 5.02 Å². The van der Waals surface area contributed by atoms with E-state index in [9.17, 15) is 4.79 Å². The highest BCUT2D eigenvalue weighted by atomic mass is 35.5. The Kier molecular flexibility index (Phi) is 9.45. The molecule has 32 heavy (non-hydrogen) atoms. The number of Topliss-reactive ketones (excluding diaryl/α,β-unsaturated/α-hetero) is 1. The van der Waals surface area contributed by atoms with Crippen molar-refractivity contribution >= 4 is 42.5 Å². The minimum atomic E-state index is -1.47. The normalized spacial score (nSPS) is 10.7. The highest BCUT2D eigenvalue weighted by molar-refractivity contribution is 7.59. The predicted molar refractivity (Wildman–Crippen MR) is 126 cm³/mol. The summed E-state index contributed by atoms with van der Waals surface area (Å²) < 4.78 is 6.72. The lowest BCUT2D eigenvalue weighted by atomic mass is 10.0. The molecule has 2 aromatic heterocycles. The molecule has 3 N–H and O–H groups in total. The number of hydrogen-bond donors (Lipinski definition) is 3. The Hall–Kier alpha value is -2.66. The van der Waals surface area contributed by atoms with Gasteiger partial charge in [0.2, 0.25) is 5.95 Å². The minimum absolute atomic E-state index is 0. The lowest BCUT2D eigenvalue weighted by molar-refractivity contribution is -0.0534. The number of rotatable bonds is 10. The van der Waals surface area contributed by atoms with E-state index in [0.717, 1.165) is 11.1 Å². The molecule has 0 aliphatic carbocycles. The first-order valence-electron chi connectivity index (χ1n) is 9.75. The first-order valence-corrected chi connectivity index (χ1v) is 10.1. The van der Waals surface area contributed by atoms with Crippen molar-refractivity contribution in [2.75, 3.05) is 12.4 Å². The first-order chi connectivity index (χ1) is 14.9. The van der Waals surface area contributed by atoms with E-state index in [1.807, 2.05) is 13.0 Å². The maximum atomic E-state index is 12.1. The van der Waals surface area contributed by atoms with Crippen LogP contribution in [0.4, 0.5) is 11.6 Å². The maximum Gasteiger partial charge on any atom is 0.227 e. The Balaban J connectivity index is 0.00000363. The average molecular weight is 480 g/mol. The van der Waals surface area contributed by atoms with Gasteiger partial charge in [0.05, 0.1) is 30.6 Å². The molecule has 0 unspecified atom stereocenters. The molecule has 11 heteroatoms. The molecule has 0 amide bonds. The Morgan fingerprint density at radius 1 is 1.22 bits per heavy atom. The first kappa shape index (κ1) is 25.6. The number of aryl methyl sites for hydroxylation is 2. The van der Waals surface area contributed by atoms with Gasteiger partial charge >= 0.3 is 0 Å². The fourth-order valence-electron chi connectivity index (χ4n) is 3.00. The van der Waals surface area contributed by atoms with Crippen molar-refractivity contribution in [3.63, 3.8) is 0 Å². The number of halogens is 1. The van der Waals surface area contributed by atoms with Crippen LogP contribution in [0, 0.1) is 0 Å². The highest BCUT2D eigenvalue weighted by Crippen LogP contribution is 2.31. The van der Waals surface area contributed by atoms with Gasteiger partial charge in [-0.25, -0.2) is 9.97 Å². The number of aliphatic hydroxyl groups is 2. The number of aliphatic hydroxyl groups excluding tert-OH is 1. The number of nitrogens with zero attached hydrogens (tertiary/aromatic N) is 4. The van der Waals surface area contributed by atoms with E-state index < -0.39 is 6.29 Å². The van der Waals surface area contributed by atoms with Gasteiger partial charge in [-0.3, -0.25) is 9.48 Å². The topological polar surface area (TPSA) is 122 Å². The largest absolute Gasteiger partial charge is 0.495 e. The Labute approximate surface area is 197 Å². The summed E-state index contributed by atoms with van der Waals surface area (Å²) in [6.07, 6.45) is 6.76. The molecule has 0 aliphatic rings. The van der Waals surface area contributed by atoms with Crippen molar-refractivity contribution in [1.82, 2.24) is 19.7 Å². The van der Waals surface area contributed by atoms with Gasteiger partial charge in [-0.05, 0) is 36.1 Å². The molecule has 0 aliphatic heterocycles. The number of ether oxygens (including phenoxy) is 1. The summed E-state index contributed by atoms with van der Waals surface area (Å²) >= 11 is 6.43. The number of hydrogen-bond acceptors (Lipinski definition) is 8. The van der Waals surface area contributed by atoms with E-state index in [0.29, 0.717) is 47.2 Å². The van der Waals surface area contributed by atoms with E-state index in [2.05, 4.69) is 20.4 Å². The zero-order valence-corrected chi connectivity index (χ0v) is 19.5. The lowest BCUT2D eigenvalue weighted by Crippen LogP contribution is -2.14. The van der Waals surface area contributed by atoms with E-state index in [-0.39, 0.29) is 25.8 Å². The molecule has 1 aromatic carbocycles. The smallest absolute Gasteiger partial charge is 0.227 e. The van der Waals surface area contributed by atoms with Crippen LogP contribution in [0.15, 0.2) is 36.9 Å². The zero-order valence-electron chi connectivity index (χ0n) is 17.7. The summed E-state index contributed by atoms with van der Waals surface area (Å²) in [5.41, 5.74) is 2.96. The van der Waals surface area contributed by atoms with Crippen LogP contribution < -0.4 is 10.1 Å². The summed E-state index contributed by atoms with van der Waals surface area (Å²) in [6, 6.07) is 3.49. The van der Waals surface area contributed by atoms with Crippen LogP contribution in [0.1, 0.15) is 34.8 Å². The summed E-state index contributed by atoms with van der Waals surface area (Å²) in [4.78, 5) is 20.7. The number of benzene rings is 1. The molecular formula is C21H26ClN5O4S. The number of methoxy groups -OCH3 is 1. The molecular weight excluding hydrogens is 454 g/mol. The molecule has 0 fully saturated rings. The van der Waals surface area contributed by atoms with E-state index in [1.165, 1.54) is 11.8 Å². The number of nitrogens with one attached hydrogen (secondary N) is 1. The predicted octanol–water partition coefficient (Wildman–Crippen LogP) is 2.88. The molecule has 0 saturated heterocycles. The van der Waals surface area contributed by atoms with Gasteiger partial charge in [0.15, 0.2) is 12.1 Å². The van der Waals surface area contributed by atoms with Gasteiger partial charge in [-0.1, -0.05) is 18.5 Å². The second kappa shape index (κ2) is 11.8. The molecule has 3 rings (SSSR count). The molecule has 2 heterocycles. The number of carbonyl (C=O) groups is 1. The quantitative estimate of drug-likeness (QED) is 0.299. The number of carbonyl (C=O) groups excluding carboxylic acids is 1. The van der Waals surface area contributed by atoms with Gasteiger partial charge in [-0.15, -0.1) is 0 Å². The van der Waals surface area contributed by atoms with Crippen molar-refractivity contribution in [3.05, 3.63) is 58.6 Å². The van der Waals surface area contributed by atoms with Gasteiger partial charge in [0.1, 0.15) is 5.75 Å². The summed E-state index contributed by atoms with van der Waals surface area (Å²) in [5.74, 6) is 0.913. The van der Waals surface area contributed by atoms with Gasteiger partial charge in [-0.2, -0.15) is 18.6 Å². The van der Waals surface area contributed by atoms with Gasteiger partial charge in [0.25, 0.3) is 0 Å². The third-order valence-corrected chi connectivity index (χ3v) is 5.03. The molecule has 3 aromatic rings.